The van der Waals surface area contributed by atoms with E-state index in [1.54, 1.807) is 24.3 Å². The summed E-state index contributed by atoms with van der Waals surface area (Å²) in [7, 11) is 0. The fourth-order valence-electron chi connectivity index (χ4n) is 1.45. The normalized spacial score (nSPS) is 10.3. The fraction of sp³-hybridized carbons (Fsp3) is 0.167. The highest BCUT2D eigenvalue weighted by Gasteiger charge is 2.07. The molecule has 17 heavy (non-hydrogen) atoms. The van der Waals surface area contributed by atoms with E-state index in [4.69, 9.17) is 0 Å². The summed E-state index contributed by atoms with van der Waals surface area (Å²) in [6, 6.07) is 8.40. The summed E-state index contributed by atoms with van der Waals surface area (Å²) in [6.07, 6.45) is 0. The lowest BCUT2D eigenvalue weighted by molar-refractivity contribution is 0.629. The second-order valence-electron chi connectivity index (χ2n) is 3.46. The van der Waals surface area contributed by atoms with Gasteiger partial charge in [0.25, 0.3) is 0 Å². The number of rotatable bonds is 3. The second-order valence-corrected chi connectivity index (χ2v) is 4.37. The van der Waals surface area contributed by atoms with Crippen molar-refractivity contribution in [3.63, 3.8) is 0 Å². The molecule has 0 radical (unpaired) electrons. The summed E-state index contributed by atoms with van der Waals surface area (Å²) in [5.74, 6) is 0.374. The minimum Gasteiger partial charge on any atom is -0.369 e. The Morgan fingerprint density at radius 2 is 2.06 bits per heavy atom. The van der Waals surface area contributed by atoms with Crippen LogP contribution in [0, 0.1) is 5.82 Å². The number of hydrogen-bond donors (Lipinski definition) is 1. The summed E-state index contributed by atoms with van der Waals surface area (Å²) in [6.45, 7) is 2.75. The first-order valence-corrected chi connectivity index (χ1v) is 6.03. The third kappa shape index (κ3) is 2.79. The van der Waals surface area contributed by atoms with Gasteiger partial charge in [-0.15, -0.1) is 10.2 Å². The standard InChI is InChI=1S/C12H11BrFN3/c1-2-15-12-6-5-11(16-17-12)9-4-3-8(13)7-10(9)14/h3-7H,2H2,1H3,(H,15,17). The molecule has 0 saturated carbocycles. The monoisotopic (exact) mass is 295 g/mol. The van der Waals surface area contributed by atoms with Crippen LogP contribution in [0.1, 0.15) is 6.92 Å². The largest absolute Gasteiger partial charge is 0.369 e. The number of anilines is 1. The van der Waals surface area contributed by atoms with E-state index >= 15 is 0 Å². The summed E-state index contributed by atoms with van der Waals surface area (Å²) in [5.41, 5.74) is 0.973. The Morgan fingerprint density at radius 1 is 1.24 bits per heavy atom. The molecule has 0 saturated heterocycles. The van der Waals surface area contributed by atoms with E-state index in [0.717, 1.165) is 6.54 Å². The van der Waals surface area contributed by atoms with Gasteiger partial charge in [0, 0.05) is 16.6 Å². The van der Waals surface area contributed by atoms with Gasteiger partial charge in [0.2, 0.25) is 0 Å². The summed E-state index contributed by atoms with van der Waals surface area (Å²) in [4.78, 5) is 0. The van der Waals surface area contributed by atoms with Crippen molar-refractivity contribution < 1.29 is 4.39 Å². The number of benzene rings is 1. The predicted molar refractivity (Wildman–Crippen MR) is 69.3 cm³/mol. The third-order valence-corrected chi connectivity index (χ3v) is 2.72. The summed E-state index contributed by atoms with van der Waals surface area (Å²) in [5, 5.41) is 11.0. The number of nitrogens with one attached hydrogen (secondary N) is 1. The zero-order valence-electron chi connectivity index (χ0n) is 9.24. The van der Waals surface area contributed by atoms with E-state index in [1.165, 1.54) is 6.07 Å². The van der Waals surface area contributed by atoms with Gasteiger partial charge in [-0.3, -0.25) is 0 Å². The van der Waals surface area contributed by atoms with Crippen molar-refractivity contribution in [3.05, 3.63) is 40.6 Å². The SMILES string of the molecule is CCNc1ccc(-c2ccc(Br)cc2F)nn1. The molecule has 0 fully saturated rings. The lowest BCUT2D eigenvalue weighted by Crippen LogP contribution is -2.00. The van der Waals surface area contributed by atoms with Crippen LogP contribution in [0.15, 0.2) is 34.8 Å². The minimum atomic E-state index is -0.315. The molecule has 0 spiro atoms. The van der Waals surface area contributed by atoms with E-state index in [9.17, 15) is 4.39 Å². The first kappa shape index (κ1) is 12.0. The average Bonchev–Trinajstić information content (AvgIpc) is 2.31. The van der Waals surface area contributed by atoms with Crippen LogP contribution < -0.4 is 5.32 Å². The van der Waals surface area contributed by atoms with Crippen molar-refractivity contribution in [1.82, 2.24) is 10.2 Å². The second kappa shape index (κ2) is 5.23. The van der Waals surface area contributed by atoms with Crippen molar-refractivity contribution in [1.29, 1.82) is 0 Å². The minimum absolute atomic E-state index is 0.315. The topological polar surface area (TPSA) is 37.8 Å². The van der Waals surface area contributed by atoms with Crippen LogP contribution in [0.5, 0.6) is 0 Å². The maximum Gasteiger partial charge on any atom is 0.148 e. The molecule has 2 aromatic rings. The molecule has 1 N–H and O–H groups in total. The molecule has 0 aliphatic rings. The molecule has 1 aromatic carbocycles. The molecule has 1 aromatic heterocycles. The highest BCUT2D eigenvalue weighted by molar-refractivity contribution is 9.10. The van der Waals surface area contributed by atoms with Crippen LogP contribution in [-0.4, -0.2) is 16.7 Å². The van der Waals surface area contributed by atoms with Gasteiger partial charge in [-0.05, 0) is 37.3 Å². The highest BCUT2D eigenvalue weighted by atomic mass is 79.9. The van der Waals surface area contributed by atoms with Crippen LogP contribution in [-0.2, 0) is 0 Å². The van der Waals surface area contributed by atoms with Crippen LogP contribution in [0.2, 0.25) is 0 Å². The smallest absolute Gasteiger partial charge is 0.148 e. The Balaban J connectivity index is 2.33. The molecule has 1 heterocycles. The molecular formula is C12H11BrFN3. The Bertz CT molecular complexity index is 514. The van der Waals surface area contributed by atoms with Crippen molar-refractivity contribution in [3.8, 4) is 11.3 Å². The quantitative estimate of drug-likeness (QED) is 0.942. The van der Waals surface area contributed by atoms with Gasteiger partial charge in [-0.25, -0.2) is 4.39 Å². The van der Waals surface area contributed by atoms with Crippen molar-refractivity contribution in [2.24, 2.45) is 0 Å². The van der Waals surface area contributed by atoms with E-state index in [-0.39, 0.29) is 5.82 Å². The molecule has 88 valence electrons. The van der Waals surface area contributed by atoms with Crippen molar-refractivity contribution in [2.45, 2.75) is 6.92 Å². The molecule has 0 amide bonds. The molecule has 0 aliphatic carbocycles. The molecule has 0 bridgehead atoms. The Labute approximate surface area is 107 Å². The maximum atomic E-state index is 13.7. The number of nitrogens with zero attached hydrogens (tertiary/aromatic N) is 2. The first-order valence-electron chi connectivity index (χ1n) is 5.23. The van der Waals surface area contributed by atoms with Crippen LogP contribution in [0.3, 0.4) is 0 Å². The first-order chi connectivity index (χ1) is 8.20. The van der Waals surface area contributed by atoms with Gasteiger partial charge in [0.1, 0.15) is 11.6 Å². The van der Waals surface area contributed by atoms with Crippen LogP contribution in [0.25, 0.3) is 11.3 Å². The van der Waals surface area contributed by atoms with E-state index in [0.29, 0.717) is 21.5 Å². The summed E-state index contributed by atoms with van der Waals surface area (Å²) < 4.78 is 14.4. The zero-order valence-corrected chi connectivity index (χ0v) is 10.8. The number of hydrogen-bond acceptors (Lipinski definition) is 3. The molecule has 0 aliphatic heterocycles. The maximum absolute atomic E-state index is 13.7. The van der Waals surface area contributed by atoms with E-state index < -0.39 is 0 Å². The Morgan fingerprint density at radius 3 is 2.65 bits per heavy atom. The highest BCUT2D eigenvalue weighted by Crippen LogP contribution is 2.23. The lowest BCUT2D eigenvalue weighted by Gasteiger charge is -2.04. The number of halogens is 2. The zero-order chi connectivity index (χ0) is 12.3. The average molecular weight is 296 g/mol. The van der Waals surface area contributed by atoms with Gasteiger partial charge in [-0.2, -0.15) is 0 Å². The Kier molecular flexibility index (Phi) is 3.68. The molecule has 2 rings (SSSR count). The molecule has 5 heteroatoms. The van der Waals surface area contributed by atoms with E-state index in [1.807, 2.05) is 6.92 Å². The van der Waals surface area contributed by atoms with Crippen LogP contribution >= 0.6 is 15.9 Å². The number of aromatic nitrogens is 2. The van der Waals surface area contributed by atoms with E-state index in [2.05, 4.69) is 31.4 Å². The van der Waals surface area contributed by atoms with Crippen LogP contribution in [0.4, 0.5) is 10.2 Å². The van der Waals surface area contributed by atoms with Gasteiger partial charge in [-0.1, -0.05) is 15.9 Å². The van der Waals surface area contributed by atoms with Crippen molar-refractivity contribution in [2.75, 3.05) is 11.9 Å². The fourth-order valence-corrected chi connectivity index (χ4v) is 1.78. The Hall–Kier alpha value is -1.49. The van der Waals surface area contributed by atoms with Gasteiger partial charge < -0.3 is 5.32 Å². The molecule has 3 nitrogen and oxygen atoms in total. The summed E-state index contributed by atoms with van der Waals surface area (Å²) >= 11 is 3.21. The lowest BCUT2D eigenvalue weighted by atomic mass is 10.1. The van der Waals surface area contributed by atoms with Crippen molar-refractivity contribution >= 4 is 21.7 Å². The van der Waals surface area contributed by atoms with Gasteiger partial charge in [0.05, 0.1) is 5.69 Å². The molecule has 0 atom stereocenters. The predicted octanol–water partition coefficient (Wildman–Crippen LogP) is 3.48. The van der Waals surface area contributed by atoms with Gasteiger partial charge >= 0.3 is 0 Å². The third-order valence-electron chi connectivity index (χ3n) is 2.23. The van der Waals surface area contributed by atoms with Gasteiger partial charge in [0.15, 0.2) is 0 Å². The molecular weight excluding hydrogens is 285 g/mol. The molecule has 0 unspecified atom stereocenters.